The van der Waals surface area contributed by atoms with Crippen LogP contribution in [0.5, 0.6) is 0 Å². The van der Waals surface area contributed by atoms with E-state index in [9.17, 15) is 14.7 Å². The Morgan fingerprint density at radius 3 is 2.70 bits per heavy atom. The summed E-state index contributed by atoms with van der Waals surface area (Å²) in [5.41, 5.74) is 0.313. The molecule has 0 saturated carbocycles. The Kier molecular flexibility index (Phi) is 5.17. The molecule has 1 aliphatic heterocycles. The average molecular weight is 407 g/mol. The van der Waals surface area contributed by atoms with Crippen molar-refractivity contribution < 1.29 is 19.4 Å². The molecule has 1 aliphatic rings. The zero-order valence-electron chi connectivity index (χ0n) is 10.5. The van der Waals surface area contributed by atoms with Gasteiger partial charge in [-0.1, -0.05) is 15.9 Å². The molecule has 2 N–H and O–H groups in total. The fourth-order valence-electron chi connectivity index (χ4n) is 2.04. The van der Waals surface area contributed by atoms with Crippen LogP contribution >= 0.6 is 31.9 Å². The summed E-state index contributed by atoms with van der Waals surface area (Å²) >= 11 is 6.51. The highest BCUT2D eigenvalue weighted by Gasteiger charge is 2.24. The largest absolute Gasteiger partial charge is 0.478 e. The molecule has 0 radical (unpaired) electrons. The summed E-state index contributed by atoms with van der Waals surface area (Å²) in [6, 6.07) is 3.15. The Morgan fingerprint density at radius 1 is 1.35 bits per heavy atom. The first-order valence-electron chi connectivity index (χ1n) is 6.10. The maximum absolute atomic E-state index is 12.2. The van der Waals surface area contributed by atoms with E-state index < -0.39 is 5.97 Å². The van der Waals surface area contributed by atoms with Crippen molar-refractivity contribution in [1.29, 1.82) is 0 Å². The van der Waals surface area contributed by atoms with Crippen molar-refractivity contribution in [3.8, 4) is 0 Å². The molecule has 7 heteroatoms. The van der Waals surface area contributed by atoms with E-state index in [0.717, 1.165) is 12.8 Å². The van der Waals surface area contributed by atoms with E-state index in [0.29, 0.717) is 22.2 Å². The second-order valence-electron chi connectivity index (χ2n) is 4.52. The number of anilines is 1. The lowest BCUT2D eigenvalue weighted by atomic mass is 10.0. The molecule has 0 spiro atoms. The fraction of sp³-hybridized carbons (Fsp3) is 0.385. The standard InChI is InChI=1S/C13H13Br2NO4/c14-8-4-9(13(18)19)11(10(15)5-8)16-12(17)7-2-1-3-20-6-7/h4-5,7H,1-3,6H2,(H,16,17)(H,18,19). The molecule has 1 unspecified atom stereocenters. The van der Waals surface area contributed by atoms with Gasteiger partial charge in [0.25, 0.3) is 0 Å². The van der Waals surface area contributed by atoms with Crippen molar-refractivity contribution in [2.45, 2.75) is 12.8 Å². The Hall–Kier alpha value is -0.920. The number of carboxylic acid groups (broad SMARTS) is 1. The number of hydrogen-bond acceptors (Lipinski definition) is 3. The predicted octanol–water partition coefficient (Wildman–Crippen LogP) is 3.27. The van der Waals surface area contributed by atoms with Gasteiger partial charge in [0, 0.05) is 15.6 Å². The number of nitrogens with one attached hydrogen (secondary N) is 1. The van der Waals surface area contributed by atoms with Gasteiger partial charge in [-0.15, -0.1) is 0 Å². The Bertz CT molecular complexity index is 541. The summed E-state index contributed by atoms with van der Waals surface area (Å²) in [5, 5.41) is 11.9. The average Bonchev–Trinajstić information content (AvgIpc) is 2.42. The molecule has 5 nitrogen and oxygen atoms in total. The number of carboxylic acids is 1. The number of aromatic carboxylic acids is 1. The maximum atomic E-state index is 12.2. The summed E-state index contributed by atoms with van der Waals surface area (Å²) < 4.78 is 6.42. The topological polar surface area (TPSA) is 75.6 Å². The van der Waals surface area contributed by atoms with Crippen LogP contribution in [0.3, 0.4) is 0 Å². The normalized spacial score (nSPS) is 18.6. The van der Waals surface area contributed by atoms with Crippen LogP contribution in [0.2, 0.25) is 0 Å². The second-order valence-corrected chi connectivity index (χ2v) is 6.29. The van der Waals surface area contributed by atoms with Crippen LogP contribution in [0.1, 0.15) is 23.2 Å². The number of halogens is 2. The Labute approximate surface area is 132 Å². The van der Waals surface area contributed by atoms with E-state index in [-0.39, 0.29) is 23.1 Å². The first-order chi connectivity index (χ1) is 9.49. The van der Waals surface area contributed by atoms with Gasteiger partial charge in [0.2, 0.25) is 5.91 Å². The molecule has 1 atom stereocenters. The Balaban J connectivity index is 2.23. The minimum absolute atomic E-state index is 0.0383. The predicted molar refractivity (Wildman–Crippen MR) is 81.0 cm³/mol. The number of benzene rings is 1. The van der Waals surface area contributed by atoms with Gasteiger partial charge in [-0.3, -0.25) is 4.79 Å². The number of carbonyl (C=O) groups is 2. The lowest BCUT2D eigenvalue weighted by Gasteiger charge is -2.22. The highest BCUT2D eigenvalue weighted by Crippen LogP contribution is 2.31. The highest BCUT2D eigenvalue weighted by molar-refractivity contribution is 9.11. The van der Waals surface area contributed by atoms with Crippen LogP contribution in [0.15, 0.2) is 21.1 Å². The van der Waals surface area contributed by atoms with E-state index in [2.05, 4.69) is 37.2 Å². The van der Waals surface area contributed by atoms with E-state index in [4.69, 9.17) is 4.74 Å². The molecule has 1 amide bonds. The lowest BCUT2D eigenvalue weighted by molar-refractivity contribution is -0.123. The lowest BCUT2D eigenvalue weighted by Crippen LogP contribution is -2.30. The van der Waals surface area contributed by atoms with Gasteiger partial charge in [-0.05, 0) is 40.9 Å². The summed E-state index contributed by atoms with van der Waals surface area (Å²) in [6.45, 7) is 1.05. The molecular weight excluding hydrogens is 394 g/mol. The van der Waals surface area contributed by atoms with Gasteiger partial charge in [0.15, 0.2) is 0 Å². The first kappa shape index (κ1) is 15.5. The molecule has 1 fully saturated rings. The number of rotatable bonds is 3. The molecule has 0 aromatic heterocycles. The number of carbonyl (C=O) groups excluding carboxylic acids is 1. The molecule has 1 aromatic rings. The van der Waals surface area contributed by atoms with Crippen molar-refractivity contribution in [3.05, 3.63) is 26.6 Å². The van der Waals surface area contributed by atoms with Crippen molar-refractivity contribution in [1.82, 2.24) is 0 Å². The fourth-order valence-corrected chi connectivity index (χ4v) is 3.37. The summed E-state index contributed by atoms with van der Waals surface area (Å²) in [7, 11) is 0. The number of hydrogen-bond donors (Lipinski definition) is 2. The van der Waals surface area contributed by atoms with Crippen molar-refractivity contribution in [2.75, 3.05) is 18.5 Å². The second kappa shape index (κ2) is 6.69. The van der Waals surface area contributed by atoms with Gasteiger partial charge < -0.3 is 15.2 Å². The van der Waals surface area contributed by atoms with Crippen LogP contribution in [-0.2, 0) is 9.53 Å². The van der Waals surface area contributed by atoms with Crippen LogP contribution in [0.4, 0.5) is 5.69 Å². The third-order valence-corrected chi connectivity index (χ3v) is 4.15. The molecule has 0 bridgehead atoms. The van der Waals surface area contributed by atoms with Crippen molar-refractivity contribution >= 4 is 49.4 Å². The van der Waals surface area contributed by atoms with Gasteiger partial charge in [0.1, 0.15) is 0 Å². The van der Waals surface area contributed by atoms with E-state index >= 15 is 0 Å². The van der Waals surface area contributed by atoms with Crippen LogP contribution in [0.25, 0.3) is 0 Å². The Morgan fingerprint density at radius 2 is 2.10 bits per heavy atom. The highest BCUT2D eigenvalue weighted by atomic mass is 79.9. The van der Waals surface area contributed by atoms with Gasteiger partial charge >= 0.3 is 5.97 Å². The zero-order valence-corrected chi connectivity index (χ0v) is 13.7. The van der Waals surface area contributed by atoms with Crippen molar-refractivity contribution in [2.24, 2.45) is 5.92 Å². The first-order valence-corrected chi connectivity index (χ1v) is 7.68. The smallest absolute Gasteiger partial charge is 0.337 e. The van der Waals surface area contributed by atoms with E-state index in [1.165, 1.54) is 6.07 Å². The third kappa shape index (κ3) is 3.59. The van der Waals surface area contributed by atoms with Crippen LogP contribution < -0.4 is 5.32 Å². The monoisotopic (exact) mass is 405 g/mol. The molecular formula is C13H13Br2NO4. The summed E-state index contributed by atoms with van der Waals surface area (Å²) in [6.07, 6.45) is 1.59. The molecule has 1 aromatic carbocycles. The molecule has 2 rings (SSSR count). The van der Waals surface area contributed by atoms with Crippen LogP contribution in [0, 0.1) is 5.92 Å². The third-order valence-electron chi connectivity index (χ3n) is 3.06. The minimum atomic E-state index is -1.10. The van der Waals surface area contributed by atoms with Gasteiger partial charge in [0.05, 0.1) is 23.8 Å². The quantitative estimate of drug-likeness (QED) is 0.807. The van der Waals surface area contributed by atoms with Gasteiger partial charge in [-0.25, -0.2) is 4.79 Å². The van der Waals surface area contributed by atoms with Gasteiger partial charge in [-0.2, -0.15) is 0 Å². The molecule has 20 heavy (non-hydrogen) atoms. The number of amides is 1. The minimum Gasteiger partial charge on any atom is -0.478 e. The maximum Gasteiger partial charge on any atom is 0.337 e. The molecule has 108 valence electrons. The number of ether oxygens (including phenoxy) is 1. The summed E-state index contributed by atoms with van der Waals surface area (Å²) in [4.78, 5) is 23.4. The molecule has 1 heterocycles. The van der Waals surface area contributed by atoms with E-state index in [1.807, 2.05) is 0 Å². The van der Waals surface area contributed by atoms with Crippen LogP contribution in [-0.4, -0.2) is 30.2 Å². The zero-order chi connectivity index (χ0) is 14.7. The SMILES string of the molecule is O=C(O)c1cc(Br)cc(Br)c1NC(=O)C1CCCOC1. The van der Waals surface area contributed by atoms with Crippen molar-refractivity contribution in [3.63, 3.8) is 0 Å². The van der Waals surface area contributed by atoms with E-state index in [1.54, 1.807) is 6.07 Å². The molecule has 0 aliphatic carbocycles. The molecule has 1 saturated heterocycles. The summed E-state index contributed by atoms with van der Waals surface area (Å²) in [5.74, 6) is -1.54.